The maximum Gasteiger partial charge on any atom is 0.416 e. The van der Waals surface area contributed by atoms with Crippen LogP contribution < -0.4 is 5.32 Å². The van der Waals surface area contributed by atoms with Crippen molar-refractivity contribution in [2.75, 3.05) is 6.54 Å². The number of alkyl halides is 3. The van der Waals surface area contributed by atoms with Gasteiger partial charge >= 0.3 is 12.2 Å². The molecule has 1 N–H and O–H groups in total. The summed E-state index contributed by atoms with van der Waals surface area (Å²) in [6.07, 6.45) is -2.89. The molecule has 1 heterocycles. The van der Waals surface area contributed by atoms with Gasteiger partial charge in [-0.25, -0.2) is 4.79 Å². The van der Waals surface area contributed by atoms with Crippen molar-refractivity contribution in [1.29, 1.82) is 0 Å². The van der Waals surface area contributed by atoms with E-state index in [1.807, 2.05) is 26.0 Å². The van der Waals surface area contributed by atoms with Gasteiger partial charge in [-0.1, -0.05) is 35.9 Å². The first-order chi connectivity index (χ1) is 13.1. The molecule has 2 aromatic rings. The minimum absolute atomic E-state index is 0.220. The van der Waals surface area contributed by atoms with Crippen molar-refractivity contribution in [1.82, 2.24) is 10.2 Å². The number of hydrogen-bond acceptors (Lipinski definition) is 1. The van der Waals surface area contributed by atoms with Crippen molar-refractivity contribution < 1.29 is 18.0 Å². The van der Waals surface area contributed by atoms with Gasteiger partial charge in [-0.05, 0) is 62.1 Å². The van der Waals surface area contributed by atoms with E-state index >= 15 is 0 Å². The van der Waals surface area contributed by atoms with E-state index in [1.54, 1.807) is 17.0 Å². The zero-order chi connectivity index (χ0) is 20.5. The summed E-state index contributed by atoms with van der Waals surface area (Å²) in [5, 5.41) is 3.60. The van der Waals surface area contributed by atoms with Crippen LogP contribution in [0.15, 0.2) is 48.5 Å². The second-order valence-electron chi connectivity index (χ2n) is 7.33. The van der Waals surface area contributed by atoms with Crippen LogP contribution in [0.4, 0.5) is 18.0 Å². The molecule has 0 saturated carbocycles. The maximum absolute atomic E-state index is 12.9. The zero-order valence-electron chi connectivity index (χ0n) is 15.7. The summed E-state index contributed by atoms with van der Waals surface area (Å²) in [4.78, 5) is 14.6. The van der Waals surface area contributed by atoms with Gasteiger partial charge in [0, 0.05) is 11.6 Å². The number of likely N-dealkylation sites (tertiary alicyclic amines) is 1. The lowest BCUT2D eigenvalue weighted by Gasteiger charge is -2.36. The molecule has 2 atom stereocenters. The van der Waals surface area contributed by atoms with Crippen LogP contribution in [-0.2, 0) is 11.7 Å². The quantitative estimate of drug-likeness (QED) is 0.647. The molecule has 1 aliphatic heterocycles. The average molecular weight is 411 g/mol. The molecule has 1 fully saturated rings. The van der Waals surface area contributed by atoms with E-state index in [-0.39, 0.29) is 12.1 Å². The number of halogens is 4. The Kier molecular flexibility index (Phi) is 5.62. The van der Waals surface area contributed by atoms with Crippen LogP contribution in [0.3, 0.4) is 0 Å². The molecule has 150 valence electrons. The molecule has 3 rings (SSSR count). The molecular formula is C21H22ClF3N2O. The predicted molar refractivity (Wildman–Crippen MR) is 103 cm³/mol. The molecule has 0 aliphatic carbocycles. The number of urea groups is 1. The largest absolute Gasteiger partial charge is 0.416 e. The Labute approximate surface area is 167 Å². The number of nitrogens with one attached hydrogen (secondary N) is 1. The maximum atomic E-state index is 12.9. The topological polar surface area (TPSA) is 32.3 Å². The summed E-state index contributed by atoms with van der Waals surface area (Å²) in [5.74, 6) is 0. The van der Waals surface area contributed by atoms with Gasteiger partial charge in [0.25, 0.3) is 0 Å². The molecular weight excluding hydrogens is 389 g/mol. The van der Waals surface area contributed by atoms with Crippen molar-refractivity contribution in [3.05, 3.63) is 70.2 Å². The van der Waals surface area contributed by atoms with Gasteiger partial charge in [0.15, 0.2) is 0 Å². The SMILES string of the molecule is C[C@@H](NC(=O)N1CCCC1(C)c1ccc(C(F)(F)F)cc1)c1ccc(Cl)cc1. The van der Waals surface area contributed by atoms with E-state index in [0.29, 0.717) is 23.6 Å². The highest BCUT2D eigenvalue weighted by Gasteiger charge is 2.42. The first-order valence-corrected chi connectivity index (χ1v) is 9.50. The highest BCUT2D eigenvalue weighted by Crippen LogP contribution is 2.40. The molecule has 0 spiro atoms. The molecule has 3 nitrogen and oxygen atoms in total. The molecule has 0 aromatic heterocycles. The molecule has 0 radical (unpaired) electrons. The van der Waals surface area contributed by atoms with Gasteiger partial charge in [-0.2, -0.15) is 13.2 Å². The van der Waals surface area contributed by atoms with Crippen LogP contribution in [0.25, 0.3) is 0 Å². The van der Waals surface area contributed by atoms with E-state index in [2.05, 4.69) is 5.32 Å². The number of rotatable bonds is 3. The van der Waals surface area contributed by atoms with Crippen molar-refractivity contribution in [3.63, 3.8) is 0 Å². The number of benzene rings is 2. The lowest BCUT2D eigenvalue weighted by molar-refractivity contribution is -0.137. The first kappa shape index (κ1) is 20.5. The molecule has 2 aromatic carbocycles. The summed E-state index contributed by atoms with van der Waals surface area (Å²) in [6, 6.07) is 11.9. The van der Waals surface area contributed by atoms with E-state index in [4.69, 9.17) is 11.6 Å². The van der Waals surface area contributed by atoms with Gasteiger partial charge in [0.1, 0.15) is 0 Å². The van der Waals surface area contributed by atoms with Crippen LogP contribution in [0.5, 0.6) is 0 Å². The fourth-order valence-electron chi connectivity index (χ4n) is 3.71. The Morgan fingerprint density at radius 2 is 1.75 bits per heavy atom. The van der Waals surface area contributed by atoms with Gasteiger partial charge in [-0.3, -0.25) is 0 Å². The first-order valence-electron chi connectivity index (χ1n) is 9.12. The minimum Gasteiger partial charge on any atom is -0.331 e. The molecule has 1 unspecified atom stereocenters. The van der Waals surface area contributed by atoms with Crippen LogP contribution in [-0.4, -0.2) is 17.5 Å². The van der Waals surface area contributed by atoms with E-state index in [0.717, 1.165) is 24.1 Å². The number of carbonyl (C=O) groups is 1. The van der Waals surface area contributed by atoms with Crippen molar-refractivity contribution in [2.45, 2.75) is 44.4 Å². The third-order valence-electron chi connectivity index (χ3n) is 5.43. The van der Waals surface area contributed by atoms with Gasteiger partial charge < -0.3 is 10.2 Å². The lowest BCUT2D eigenvalue weighted by atomic mass is 9.89. The summed E-state index contributed by atoms with van der Waals surface area (Å²) < 4.78 is 38.5. The molecule has 1 aliphatic rings. The Hall–Kier alpha value is -2.21. The van der Waals surface area contributed by atoms with Crippen molar-refractivity contribution in [2.24, 2.45) is 0 Å². The second kappa shape index (κ2) is 7.66. The smallest absolute Gasteiger partial charge is 0.331 e. The number of nitrogens with zero attached hydrogens (tertiary/aromatic N) is 1. The standard InChI is InChI=1S/C21H22ClF3N2O/c1-14(15-4-10-18(22)11-5-15)26-19(28)27-13-3-12-20(27,2)16-6-8-17(9-7-16)21(23,24)25/h4-11,14H,3,12-13H2,1-2H3,(H,26,28)/t14-,20?/m1/s1. The Morgan fingerprint density at radius 1 is 1.14 bits per heavy atom. The number of carbonyl (C=O) groups excluding carboxylic acids is 1. The number of hydrogen-bond donors (Lipinski definition) is 1. The van der Waals surface area contributed by atoms with Gasteiger partial charge in [0.2, 0.25) is 0 Å². The van der Waals surface area contributed by atoms with Crippen molar-refractivity contribution >= 4 is 17.6 Å². The molecule has 28 heavy (non-hydrogen) atoms. The average Bonchev–Trinajstić information content (AvgIpc) is 3.04. The summed E-state index contributed by atoms with van der Waals surface area (Å²) in [5.41, 5.74) is 0.291. The Bertz CT molecular complexity index is 836. The minimum atomic E-state index is -4.37. The van der Waals surface area contributed by atoms with Crippen LogP contribution in [0.1, 0.15) is 49.4 Å². The molecule has 0 bridgehead atoms. The van der Waals surface area contributed by atoms with Crippen molar-refractivity contribution in [3.8, 4) is 0 Å². The predicted octanol–water partition coefficient (Wildman–Crippen LogP) is 6.14. The van der Waals surface area contributed by atoms with Gasteiger partial charge in [-0.15, -0.1) is 0 Å². The van der Waals surface area contributed by atoms with Crippen LogP contribution in [0.2, 0.25) is 5.02 Å². The van der Waals surface area contributed by atoms with E-state index in [1.165, 1.54) is 12.1 Å². The normalized spacial score (nSPS) is 20.9. The summed E-state index contributed by atoms with van der Waals surface area (Å²) in [6.45, 7) is 4.33. The van der Waals surface area contributed by atoms with Crippen LogP contribution in [0, 0.1) is 0 Å². The fourth-order valence-corrected chi connectivity index (χ4v) is 3.83. The molecule has 1 saturated heterocycles. The third kappa shape index (κ3) is 4.12. The lowest BCUT2D eigenvalue weighted by Crippen LogP contribution is -2.48. The van der Waals surface area contributed by atoms with E-state index in [9.17, 15) is 18.0 Å². The highest BCUT2D eigenvalue weighted by atomic mass is 35.5. The highest BCUT2D eigenvalue weighted by molar-refractivity contribution is 6.30. The Balaban J connectivity index is 1.77. The zero-order valence-corrected chi connectivity index (χ0v) is 16.4. The molecule has 7 heteroatoms. The fraction of sp³-hybridized carbons (Fsp3) is 0.381. The third-order valence-corrected chi connectivity index (χ3v) is 5.68. The summed E-state index contributed by atoms with van der Waals surface area (Å²) in [7, 11) is 0. The van der Waals surface area contributed by atoms with Crippen LogP contribution >= 0.6 is 11.6 Å². The summed E-state index contributed by atoms with van der Waals surface area (Å²) >= 11 is 5.90. The number of amides is 2. The monoisotopic (exact) mass is 410 g/mol. The second-order valence-corrected chi connectivity index (χ2v) is 7.76. The Morgan fingerprint density at radius 3 is 2.32 bits per heavy atom. The van der Waals surface area contributed by atoms with Gasteiger partial charge in [0.05, 0.1) is 17.1 Å². The van der Waals surface area contributed by atoms with E-state index < -0.39 is 17.3 Å². The molecule has 2 amide bonds.